The van der Waals surface area contributed by atoms with Crippen molar-refractivity contribution in [2.24, 2.45) is 0 Å². The first kappa shape index (κ1) is 23.4. The molecular formula is C22H31N3O5. The van der Waals surface area contributed by atoms with Gasteiger partial charge in [0.25, 0.3) is 0 Å². The van der Waals surface area contributed by atoms with E-state index in [0.717, 1.165) is 24.0 Å². The fourth-order valence-corrected chi connectivity index (χ4v) is 2.80. The molecule has 0 unspecified atom stereocenters. The topological polar surface area (TPSA) is 106 Å². The summed E-state index contributed by atoms with van der Waals surface area (Å²) in [4.78, 5) is 36.0. The van der Waals surface area contributed by atoms with E-state index in [4.69, 9.17) is 9.47 Å². The van der Waals surface area contributed by atoms with Crippen molar-refractivity contribution in [2.75, 3.05) is 25.1 Å². The fraction of sp³-hybridized carbons (Fsp3) is 0.500. The Morgan fingerprint density at radius 2 is 1.80 bits per heavy atom. The number of hydrogen-bond acceptors (Lipinski definition) is 5. The quantitative estimate of drug-likeness (QED) is 0.592. The molecule has 0 radical (unpaired) electrons. The summed E-state index contributed by atoms with van der Waals surface area (Å²) in [5.41, 5.74) is 1.94. The Labute approximate surface area is 177 Å². The highest BCUT2D eigenvalue weighted by Crippen LogP contribution is 2.17. The number of nitrogens with one attached hydrogen (secondary N) is 3. The molecule has 1 aliphatic heterocycles. The minimum Gasteiger partial charge on any atom is -0.444 e. The predicted molar refractivity (Wildman–Crippen MR) is 114 cm³/mol. The Bertz CT molecular complexity index is 775. The number of para-hydroxylation sites is 1. The smallest absolute Gasteiger partial charge is 0.407 e. The lowest BCUT2D eigenvalue weighted by atomic mass is 10.1. The van der Waals surface area contributed by atoms with Crippen LogP contribution in [0.3, 0.4) is 0 Å². The van der Waals surface area contributed by atoms with Gasteiger partial charge < -0.3 is 25.4 Å². The summed E-state index contributed by atoms with van der Waals surface area (Å²) in [5.74, 6) is -0.399. The fourth-order valence-electron chi connectivity index (χ4n) is 2.80. The van der Waals surface area contributed by atoms with Gasteiger partial charge in [-0.05, 0) is 45.2 Å². The van der Waals surface area contributed by atoms with Gasteiger partial charge in [-0.25, -0.2) is 4.79 Å². The summed E-state index contributed by atoms with van der Waals surface area (Å²) in [7, 11) is 0. The zero-order valence-corrected chi connectivity index (χ0v) is 17.9. The first-order chi connectivity index (χ1) is 14.2. The van der Waals surface area contributed by atoms with E-state index in [1.807, 2.05) is 18.2 Å². The van der Waals surface area contributed by atoms with E-state index in [0.29, 0.717) is 18.9 Å². The maximum Gasteiger partial charge on any atom is 0.407 e. The summed E-state index contributed by atoms with van der Waals surface area (Å²) in [6.07, 6.45) is 2.73. The van der Waals surface area contributed by atoms with Crippen LogP contribution in [0.4, 0.5) is 10.5 Å². The molecule has 1 aromatic carbocycles. The van der Waals surface area contributed by atoms with E-state index in [9.17, 15) is 14.4 Å². The number of carbonyl (C=O) groups excluding carboxylic acids is 3. The Kier molecular flexibility index (Phi) is 8.86. The van der Waals surface area contributed by atoms with Crippen LogP contribution in [-0.4, -0.2) is 43.3 Å². The monoisotopic (exact) mass is 417 g/mol. The lowest BCUT2D eigenvalue weighted by Crippen LogP contribution is -2.35. The number of ether oxygens (including phenoxy) is 2. The van der Waals surface area contributed by atoms with Gasteiger partial charge in [-0.1, -0.05) is 23.8 Å². The Morgan fingerprint density at radius 1 is 1.10 bits per heavy atom. The van der Waals surface area contributed by atoms with E-state index in [-0.39, 0.29) is 31.3 Å². The number of hydrogen-bond donors (Lipinski definition) is 3. The maximum atomic E-state index is 12.3. The van der Waals surface area contributed by atoms with Crippen molar-refractivity contribution in [3.63, 3.8) is 0 Å². The van der Waals surface area contributed by atoms with Crippen LogP contribution in [0, 0.1) is 0 Å². The minimum atomic E-state index is -0.582. The Balaban J connectivity index is 1.79. The predicted octanol–water partition coefficient (Wildman–Crippen LogP) is 2.89. The molecule has 2 rings (SSSR count). The van der Waals surface area contributed by atoms with Crippen molar-refractivity contribution in [1.29, 1.82) is 0 Å². The zero-order valence-electron chi connectivity index (χ0n) is 17.9. The molecule has 3 amide bonds. The number of anilines is 1. The van der Waals surface area contributed by atoms with Gasteiger partial charge in [0.1, 0.15) is 5.60 Å². The van der Waals surface area contributed by atoms with Crippen molar-refractivity contribution >= 4 is 23.6 Å². The van der Waals surface area contributed by atoms with Crippen LogP contribution in [0.5, 0.6) is 0 Å². The molecular weight excluding hydrogens is 386 g/mol. The average Bonchev–Trinajstić information content (AvgIpc) is 2.66. The molecule has 1 heterocycles. The second-order valence-corrected chi connectivity index (χ2v) is 8.02. The van der Waals surface area contributed by atoms with Crippen LogP contribution in [0.1, 0.15) is 45.6 Å². The van der Waals surface area contributed by atoms with Crippen molar-refractivity contribution in [3.8, 4) is 0 Å². The molecule has 0 spiro atoms. The summed E-state index contributed by atoms with van der Waals surface area (Å²) in [5, 5.41) is 8.23. The van der Waals surface area contributed by atoms with Gasteiger partial charge in [-0.2, -0.15) is 0 Å². The molecule has 164 valence electrons. The third kappa shape index (κ3) is 9.09. The largest absolute Gasteiger partial charge is 0.444 e. The molecule has 8 nitrogen and oxygen atoms in total. The van der Waals surface area contributed by atoms with Gasteiger partial charge in [-0.3, -0.25) is 9.59 Å². The SMILES string of the molecule is CC(C)(C)OC(=O)NCCC(=O)NCc1ccccc1NC(=O)C=C1CCOCC1. The summed E-state index contributed by atoms with van der Waals surface area (Å²) in [6, 6.07) is 7.31. The molecule has 0 atom stereocenters. The molecule has 0 saturated carbocycles. The molecule has 30 heavy (non-hydrogen) atoms. The number of alkyl carbamates (subject to hydrolysis) is 1. The zero-order chi connectivity index (χ0) is 22.0. The normalized spacial score (nSPS) is 13.9. The third-order valence-corrected chi connectivity index (χ3v) is 4.24. The van der Waals surface area contributed by atoms with Gasteiger partial charge in [-0.15, -0.1) is 0 Å². The molecule has 1 fully saturated rings. The van der Waals surface area contributed by atoms with Crippen molar-refractivity contribution in [3.05, 3.63) is 41.5 Å². The molecule has 0 aliphatic carbocycles. The molecule has 1 aliphatic rings. The molecule has 8 heteroatoms. The Morgan fingerprint density at radius 3 is 2.50 bits per heavy atom. The van der Waals surface area contributed by atoms with Crippen LogP contribution in [0.15, 0.2) is 35.9 Å². The van der Waals surface area contributed by atoms with Gasteiger partial charge in [0, 0.05) is 31.3 Å². The van der Waals surface area contributed by atoms with Crippen LogP contribution >= 0.6 is 0 Å². The summed E-state index contributed by atoms with van der Waals surface area (Å²) in [6.45, 7) is 7.05. The van der Waals surface area contributed by atoms with E-state index >= 15 is 0 Å². The van der Waals surface area contributed by atoms with Crippen LogP contribution in [0.2, 0.25) is 0 Å². The van der Waals surface area contributed by atoms with E-state index in [1.54, 1.807) is 32.9 Å². The van der Waals surface area contributed by atoms with Crippen LogP contribution < -0.4 is 16.0 Å². The molecule has 0 aromatic heterocycles. The summed E-state index contributed by atoms with van der Waals surface area (Å²) >= 11 is 0. The number of carbonyl (C=O) groups is 3. The maximum absolute atomic E-state index is 12.3. The van der Waals surface area contributed by atoms with Crippen molar-refractivity contribution in [2.45, 2.75) is 52.2 Å². The lowest BCUT2D eigenvalue weighted by Gasteiger charge is -2.19. The van der Waals surface area contributed by atoms with Crippen LogP contribution in [-0.2, 0) is 25.6 Å². The standard InChI is InChI=1S/C22H31N3O5/c1-22(2,3)30-21(28)23-11-8-19(26)24-15-17-6-4-5-7-18(17)25-20(27)14-16-9-12-29-13-10-16/h4-7,14H,8-13,15H2,1-3H3,(H,23,28)(H,24,26)(H,25,27). The second-order valence-electron chi connectivity index (χ2n) is 8.02. The first-order valence-corrected chi connectivity index (χ1v) is 10.1. The van der Waals surface area contributed by atoms with Gasteiger partial charge in [0.05, 0.1) is 13.2 Å². The highest BCUT2D eigenvalue weighted by atomic mass is 16.6. The Hall–Kier alpha value is -2.87. The van der Waals surface area contributed by atoms with Crippen molar-refractivity contribution < 1.29 is 23.9 Å². The van der Waals surface area contributed by atoms with E-state index < -0.39 is 11.7 Å². The second kappa shape index (κ2) is 11.3. The number of rotatable bonds is 7. The molecule has 1 saturated heterocycles. The number of benzene rings is 1. The molecule has 1 aromatic rings. The number of amides is 3. The van der Waals surface area contributed by atoms with Crippen LogP contribution in [0.25, 0.3) is 0 Å². The van der Waals surface area contributed by atoms with E-state index in [1.165, 1.54) is 0 Å². The third-order valence-electron chi connectivity index (χ3n) is 4.24. The summed E-state index contributed by atoms with van der Waals surface area (Å²) < 4.78 is 10.4. The first-order valence-electron chi connectivity index (χ1n) is 10.1. The highest BCUT2D eigenvalue weighted by Gasteiger charge is 2.16. The molecule has 0 bridgehead atoms. The van der Waals surface area contributed by atoms with E-state index in [2.05, 4.69) is 16.0 Å². The highest BCUT2D eigenvalue weighted by molar-refractivity contribution is 6.00. The van der Waals surface area contributed by atoms with Gasteiger partial charge >= 0.3 is 6.09 Å². The van der Waals surface area contributed by atoms with Gasteiger partial charge in [0.2, 0.25) is 11.8 Å². The minimum absolute atomic E-state index is 0.127. The molecule has 3 N–H and O–H groups in total. The van der Waals surface area contributed by atoms with Gasteiger partial charge in [0.15, 0.2) is 0 Å². The average molecular weight is 418 g/mol. The lowest BCUT2D eigenvalue weighted by molar-refractivity contribution is -0.121. The van der Waals surface area contributed by atoms with Crippen molar-refractivity contribution in [1.82, 2.24) is 10.6 Å².